The predicted molar refractivity (Wildman–Crippen MR) is 73.8 cm³/mol. The van der Waals surface area contributed by atoms with Gasteiger partial charge in [-0.3, -0.25) is 4.79 Å². The van der Waals surface area contributed by atoms with Gasteiger partial charge in [0.15, 0.2) is 0 Å². The second-order valence-electron chi connectivity index (χ2n) is 4.19. The minimum atomic E-state index is -0.406. The van der Waals surface area contributed by atoms with Gasteiger partial charge in [0.25, 0.3) is 0 Å². The van der Waals surface area contributed by atoms with Gasteiger partial charge in [0, 0.05) is 6.42 Å². The molecule has 0 N–H and O–H groups in total. The molecule has 5 nitrogen and oxygen atoms in total. The summed E-state index contributed by atoms with van der Waals surface area (Å²) in [6.45, 7) is 2.87. The molecule has 0 unspecified atom stereocenters. The molecular formula is C15H20O5. The molecule has 0 radical (unpaired) electrons. The molecule has 0 aliphatic heterocycles. The molecule has 5 heteroatoms. The summed E-state index contributed by atoms with van der Waals surface area (Å²) in [5.74, 6) is 0.0180. The average Bonchev–Trinajstić information content (AvgIpc) is 2.49. The molecule has 0 aliphatic carbocycles. The zero-order valence-corrected chi connectivity index (χ0v) is 11.9. The zero-order valence-electron chi connectivity index (χ0n) is 11.9. The monoisotopic (exact) mass is 280 g/mol. The molecule has 0 saturated heterocycles. The lowest BCUT2D eigenvalue weighted by molar-refractivity contribution is -0.140. The number of methoxy groups -OCH3 is 1. The third-order valence-electron chi connectivity index (χ3n) is 2.55. The van der Waals surface area contributed by atoms with Crippen LogP contribution in [-0.2, 0) is 14.3 Å². The molecule has 0 heterocycles. The summed E-state index contributed by atoms with van der Waals surface area (Å²) in [7, 11) is 1.33. The van der Waals surface area contributed by atoms with Crippen LogP contribution in [0.15, 0.2) is 24.3 Å². The van der Waals surface area contributed by atoms with Crippen molar-refractivity contribution in [3.05, 3.63) is 29.8 Å². The Bertz CT molecular complexity index is 424. The summed E-state index contributed by atoms with van der Waals surface area (Å²) in [6.07, 6.45) is 1.63. The predicted octanol–water partition coefficient (Wildman–Crippen LogP) is 2.59. The molecule has 1 aromatic carbocycles. The van der Waals surface area contributed by atoms with Gasteiger partial charge in [-0.2, -0.15) is 0 Å². The van der Waals surface area contributed by atoms with Crippen LogP contribution in [0.4, 0.5) is 0 Å². The molecule has 0 aromatic heterocycles. The number of hydrogen-bond donors (Lipinski definition) is 0. The number of benzene rings is 1. The molecular weight excluding hydrogens is 260 g/mol. The average molecular weight is 280 g/mol. The van der Waals surface area contributed by atoms with E-state index in [2.05, 4.69) is 4.74 Å². The highest BCUT2D eigenvalue weighted by Crippen LogP contribution is 2.13. The van der Waals surface area contributed by atoms with E-state index < -0.39 is 5.97 Å². The van der Waals surface area contributed by atoms with Crippen molar-refractivity contribution in [2.75, 3.05) is 20.3 Å². The van der Waals surface area contributed by atoms with Gasteiger partial charge >= 0.3 is 11.9 Å². The van der Waals surface area contributed by atoms with E-state index in [0.717, 1.165) is 12.2 Å². The fourth-order valence-corrected chi connectivity index (χ4v) is 1.47. The molecule has 1 aromatic rings. The van der Waals surface area contributed by atoms with Crippen LogP contribution in [0.1, 0.15) is 36.5 Å². The summed E-state index contributed by atoms with van der Waals surface area (Å²) in [4.78, 5) is 22.6. The first-order valence-electron chi connectivity index (χ1n) is 6.64. The quantitative estimate of drug-likeness (QED) is 0.541. The lowest BCUT2D eigenvalue weighted by atomic mass is 10.2. The highest BCUT2D eigenvalue weighted by atomic mass is 16.5. The van der Waals surface area contributed by atoms with Gasteiger partial charge in [-0.05, 0) is 37.1 Å². The minimum Gasteiger partial charge on any atom is -0.494 e. The summed E-state index contributed by atoms with van der Waals surface area (Å²) >= 11 is 0. The minimum absolute atomic E-state index is 0.196. The Morgan fingerprint density at radius 2 is 1.80 bits per heavy atom. The maximum absolute atomic E-state index is 11.7. The molecule has 0 aliphatic rings. The molecule has 20 heavy (non-hydrogen) atoms. The van der Waals surface area contributed by atoms with E-state index in [0.29, 0.717) is 18.6 Å². The standard InChI is InChI=1S/C15H20O5/c1-3-10-19-13-8-6-12(7-9-13)15(17)20-11-4-5-14(16)18-2/h6-9H,3-5,10-11H2,1-2H3. The maximum Gasteiger partial charge on any atom is 0.338 e. The number of hydrogen-bond acceptors (Lipinski definition) is 5. The zero-order chi connectivity index (χ0) is 14.8. The van der Waals surface area contributed by atoms with E-state index in [-0.39, 0.29) is 19.0 Å². The Hall–Kier alpha value is -2.04. The van der Waals surface area contributed by atoms with Crippen molar-refractivity contribution in [3.8, 4) is 5.75 Å². The van der Waals surface area contributed by atoms with Gasteiger partial charge in [0.05, 0.1) is 25.9 Å². The highest BCUT2D eigenvalue weighted by molar-refractivity contribution is 5.89. The van der Waals surface area contributed by atoms with Crippen LogP contribution in [0.2, 0.25) is 0 Å². The number of rotatable bonds is 8. The number of carbonyl (C=O) groups excluding carboxylic acids is 2. The summed E-state index contributed by atoms with van der Waals surface area (Å²) in [5, 5.41) is 0. The van der Waals surface area contributed by atoms with Crippen molar-refractivity contribution >= 4 is 11.9 Å². The van der Waals surface area contributed by atoms with Gasteiger partial charge in [-0.25, -0.2) is 4.79 Å². The SMILES string of the molecule is CCCOc1ccc(C(=O)OCCCC(=O)OC)cc1. The van der Waals surface area contributed by atoms with Crippen LogP contribution in [-0.4, -0.2) is 32.3 Å². The van der Waals surface area contributed by atoms with Crippen molar-refractivity contribution < 1.29 is 23.8 Å². The molecule has 0 bridgehead atoms. The van der Waals surface area contributed by atoms with Crippen LogP contribution >= 0.6 is 0 Å². The molecule has 0 spiro atoms. The third-order valence-corrected chi connectivity index (χ3v) is 2.55. The largest absolute Gasteiger partial charge is 0.494 e. The Morgan fingerprint density at radius 1 is 1.10 bits per heavy atom. The molecule has 0 fully saturated rings. The van der Waals surface area contributed by atoms with Gasteiger partial charge in [-0.1, -0.05) is 6.92 Å². The first-order chi connectivity index (χ1) is 9.67. The highest BCUT2D eigenvalue weighted by Gasteiger charge is 2.08. The molecule has 0 saturated carbocycles. The number of carbonyl (C=O) groups is 2. The molecule has 1 rings (SSSR count). The lowest BCUT2D eigenvalue weighted by Gasteiger charge is -2.06. The molecule has 110 valence electrons. The van der Waals surface area contributed by atoms with Crippen LogP contribution in [0.5, 0.6) is 5.75 Å². The van der Waals surface area contributed by atoms with E-state index >= 15 is 0 Å². The smallest absolute Gasteiger partial charge is 0.338 e. The Morgan fingerprint density at radius 3 is 2.40 bits per heavy atom. The first-order valence-corrected chi connectivity index (χ1v) is 6.64. The van der Waals surface area contributed by atoms with Crippen molar-refractivity contribution in [2.45, 2.75) is 26.2 Å². The Balaban J connectivity index is 2.34. The summed E-state index contributed by atoms with van der Waals surface area (Å²) in [5.41, 5.74) is 0.465. The van der Waals surface area contributed by atoms with Crippen molar-refractivity contribution in [2.24, 2.45) is 0 Å². The third kappa shape index (κ3) is 5.73. The van der Waals surface area contributed by atoms with Crippen LogP contribution < -0.4 is 4.74 Å². The maximum atomic E-state index is 11.7. The fourth-order valence-electron chi connectivity index (χ4n) is 1.47. The summed E-state index contributed by atoms with van der Waals surface area (Å²) in [6, 6.07) is 6.79. The van der Waals surface area contributed by atoms with Crippen LogP contribution in [0, 0.1) is 0 Å². The van der Waals surface area contributed by atoms with E-state index in [1.54, 1.807) is 24.3 Å². The molecule has 0 amide bonds. The van der Waals surface area contributed by atoms with E-state index in [1.165, 1.54) is 7.11 Å². The van der Waals surface area contributed by atoms with E-state index in [9.17, 15) is 9.59 Å². The van der Waals surface area contributed by atoms with E-state index in [4.69, 9.17) is 9.47 Å². The lowest BCUT2D eigenvalue weighted by Crippen LogP contribution is -2.08. The number of esters is 2. The number of ether oxygens (including phenoxy) is 3. The topological polar surface area (TPSA) is 61.8 Å². The van der Waals surface area contributed by atoms with Crippen molar-refractivity contribution in [1.29, 1.82) is 0 Å². The first kappa shape index (κ1) is 16.0. The van der Waals surface area contributed by atoms with Crippen LogP contribution in [0.3, 0.4) is 0 Å². The van der Waals surface area contributed by atoms with E-state index in [1.807, 2.05) is 6.92 Å². The van der Waals surface area contributed by atoms with Gasteiger partial charge < -0.3 is 14.2 Å². The van der Waals surface area contributed by atoms with Crippen molar-refractivity contribution in [1.82, 2.24) is 0 Å². The fraction of sp³-hybridized carbons (Fsp3) is 0.467. The molecule has 0 atom stereocenters. The normalized spacial score (nSPS) is 9.90. The Labute approximate surface area is 118 Å². The van der Waals surface area contributed by atoms with Crippen LogP contribution in [0.25, 0.3) is 0 Å². The van der Waals surface area contributed by atoms with Gasteiger partial charge in [-0.15, -0.1) is 0 Å². The van der Waals surface area contributed by atoms with Crippen molar-refractivity contribution in [3.63, 3.8) is 0 Å². The second-order valence-corrected chi connectivity index (χ2v) is 4.19. The Kier molecular flexibility index (Phi) is 7.17. The summed E-state index contributed by atoms with van der Waals surface area (Å²) < 4.78 is 15.0. The van der Waals surface area contributed by atoms with Gasteiger partial charge in [0.2, 0.25) is 0 Å². The second kappa shape index (κ2) is 8.96. The van der Waals surface area contributed by atoms with Gasteiger partial charge in [0.1, 0.15) is 5.75 Å².